The fourth-order valence-electron chi connectivity index (χ4n) is 2.19. The number of aromatic nitrogens is 1. The molecule has 0 aliphatic heterocycles. The maximum atomic E-state index is 11.9. The molecule has 0 saturated heterocycles. The first-order chi connectivity index (χ1) is 7.20. The molecule has 1 heterocycles. The van der Waals surface area contributed by atoms with Crippen molar-refractivity contribution in [2.75, 3.05) is 0 Å². The van der Waals surface area contributed by atoms with Gasteiger partial charge in [0.1, 0.15) is 5.84 Å². The molecule has 0 aromatic carbocycles. The number of nitrogens with one attached hydrogen (secondary N) is 1. The molecule has 2 rings (SSSR count). The highest BCUT2D eigenvalue weighted by Crippen LogP contribution is 2.27. The topological polar surface area (TPSA) is 71.9 Å². The lowest BCUT2D eigenvalue weighted by molar-refractivity contribution is 0.502. The third kappa shape index (κ3) is 1.79. The van der Waals surface area contributed by atoms with Gasteiger partial charge in [0.15, 0.2) is 0 Å². The van der Waals surface area contributed by atoms with Crippen molar-refractivity contribution in [3.05, 3.63) is 34.2 Å². The van der Waals surface area contributed by atoms with Crippen LogP contribution in [0.1, 0.15) is 37.3 Å². The van der Waals surface area contributed by atoms with Crippen LogP contribution in [0.25, 0.3) is 0 Å². The summed E-state index contributed by atoms with van der Waals surface area (Å²) in [5.74, 6) is -0.146. The molecule has 0 spiro atoms. The Kier molecular flexibility index (Phi) is 2.58. The molecule has 1 aliphatic carbocycles. The molecule has 0 bridgehead atoms. The van der Waals surface area contributed by atoms with Gasteiger partial charge in [-0.25, -0.2) is 0 Å². The second kappa shape index (κ2) is 3.88. The molecular weight excluding hydrogens is 190 g/mol. The number of hydrogen-bond donors (Lipinski definition) is 2. The number of nitrogens with two attached hydrogens (primary N) is 1. The summed E-state index contributed by atoms with van der Waals surface area (Å²) in [5, 5.41) is 7.31. The van der Waals surface area contributed by atoms with Crippen LogP contribution >= 0.6 is 0 Å². The first kappa shape index (κ1) is 9.96. The highest BCUT2D eigenvalue weighted by molar-refractivity contribution is 5.94. The van der Waals surface area contributed by atoms with Gasteiger partial charge in [-0.3, -0.25) is 10.2 Å². The Labute approximate surface area is 88.2 Å². The molecule has 1 aromatic rings. The average molecular weight is 205 g/mol. The fraction of sp³-hybridized carbons (Fsp3) is 0.455. The first-order valence-electron chi connectivity index (χ1n) is 5.25. The van der Waals surface area contributed by atoms with Crippen LogP contribution in [-0.4, -0.2) is 10.4 Å². The number of nitrogens with zero attached hydrogens (tertiary/aromatic N) is 1. The van der Waals surface area contributed by atoms with Crippen molar-refractivity contribution in [3.8, 4) is 0 Å². The molecule has 1 fully saturated rings. The molecule has 1 aromatic heterocycles. The lowest BCUT2D eigenvalue weighted by Gasteiger charge is -2.13. The number of rotatable bonds is 2. The van der Waals surface area contributed by atoms with Crippen molar-refractivity contribution in [1.29, 1.82) is 5.41 Å². The van der Waals surface area contributed by atoms with Crippen LogP contribution in [0.2, 0.25) is 0 Å². The Hall–Kier alpha value is -1.58. The van der Waals surface area contributed by atoms with Crippen molar-refractivity contribution in [1.82, 2.24) is 4.57 Å². The third-order valence-corrected chi connectivity index (χ3v) is 2.98. The summed E-state index contributed by atoms with van der Waals surface area (Å²) >= 11 is 0. The van der Waals surface area contributed by atoms with E-state index in [4.69, 9.17) is 11.1 Å². The van der Waals surface area contributed by atoms with Gasteiger partial charge < -0.3 is 10.3 Å². The second-order valence-electron chi connectivity index (χ2n) is 3.99. The Bertz CT molecular complexity index is 430. The average Bonchev–Trinajstić information content (AvgIpc) is 2.70. The molecule has 0 atom stereocenters. The number of nitrogen functional groups attached to an aromatic ring is 1. The molecular formula is C11H15N3O. The van der Waals surface area contributed by atoms with E-state index in [1.807, 2.05) is 0 Å². The maximum absolute atomic E-state index is 11.9. The number of pyridine rings is 1. The molecule has 1 saturated carbocycles. The zero-order valence-corrected chi connectivity index (χ0v) is 8.57. The van der Waals surface area contributed by atoms with E-state index in [1.54, 1.807) is 22.9 Å². The highest BCUT2D eigenvalue weighted by atomic mass is 16.1. The summed E-state index contributed by atoms with van der Waals surface area (Å²) in [5.41, 5.74) is 5.53. The molecule has 0 unspecified atom stereocenters. The van der Waals surface area contributed by atoms with Gasteiger partial charge in [0.25, 0.3) is 5.56 Å². The minimum Gasteiger partial charge on any atom is -0.384 e. The van der Waals surface area contributed by atoms with Crippen LogP contribution in [0.5, 0.6) is 0 Å². The standard InChI is InChI=1S/C11H15N3O/c12-10(13)9-6-3-7-14(11(9)15)8-4-1-2-5-8/h3,6-8H,1-2,4-5H2,(H3,12,13). The van der Waals surface area contributed by atoms with Gasteiger partial charge in [-0.2, -0.15) is 0 Å². The number of hydrogen-bond acceptors (Lipinski definition) is 2. The van der Waals surface area contributed by atoms with Gasteiger partial charge in [0.2, 0.25) is 0 Å². The monoisotopic (exact) mass is 205 g/mol. The number of amidine groups is 1. The van der Waals surface area contributed by atoms with Gasteiger partial charge in [0.05, 0.1) is 5.56 Å². The van der Waals surface area contributed by atoms with Crippen LogP contribution in [0.4, 0.5) is 0 Å². The molecule has 3 N–H and O–H groups in total. The molecule has 0 radical (unpaired) electrons. The summed E-state index contributed by atoms with van der Waals surface area (Å²) in [6, 6.07) is 3.70. The lowest BCUT2D eigenvalue weighted by atomic mass is 10.2. The van der Waals surface area contributed by atoms with Crippen molar-refractivity contribution < 1.29 is 0 Å². The van der Waals surface area contributed by atoms with E-state index in [0.717, 1.165) is 12.8 Å². The van der Waals surface area contributed by atoms with Crippen molar-refractivity contribution in [2.24, 2.45) is 5.73 Å². The summed E-state index contributed by atoms with van der Waals surface area (Å²) in [6.45, 7) is 0. The first-order valence-corrected chi connectivity index (χ1v) is 5.25. The molecule has 4 nitrogen and oxygen atoms in total. The van der Waals surface area contributed by atoms with E-state index >= 15 is 0 Å². The third-order valence-electron chi connectivity index (χ3n) is 2.98. The quantitative estimate of drug-likeness (QED) is 0.563. The summed E-state index contributed by atoms with van der Waals surface area (Å²) in [6.07, 6.45) is 6.27. The van der Waals surface area contributed by atoms with Crippen molar-refractivity contribution in [2.45, 2.75) is 31.7 Å². The van der Waals surface area contributed by atoms with E-state index in [0.29, 0.717) is 11.6 Å². The van der Waals surface area contributed by atoms with E-state index < -0.39 is 0 Å². The SMILES string of the molecule is N=C(N)c1cccn(C2CCCC2)c1=O. The minimum atomic E-state index is -0.146. The van der Waals surface area contributed by atoms with Gasteiger partial charge >= 0.3 is 0 Å². The minimum absolute atomic E-state index is 0.128. The summed E-state index contributed by atoms with van der Waals surface area (Å²) < 4.78 is 1.73. The highest BCUT2D eigenvalue weighted by Gasteiger charge is 2.18. The largest absolute Gasteiger partial charge is 0.384 e. The van der Waals surface area contributed by atoms with Gasteiger partial charge in [-0.15, -0.1) is 0 Å². The van der Waals surface area contributed by atoms with Gasteiger partial charge in [-0.05, 0) is 25.0 Å². The Morgan fingerprint density at radius 3 is 2.73 bits per heavy atom. The smallest absolute Gasteiger partial charge is 0.261 e. The maximum Gasteiger partial charge on any atom is 0.261 e. The van der Waals surface area contributed by atoms with Crippen LogP contribution in [0.15, 0.2) is 23.1 Å². The molecule has 1 aliphatic rings. The lowest BCUT2D eigenvalue weighted by Crippen LogP contribution is -2.30. The van der Waals surface area contributed by atoms with Crippen LogP contribution in [-0.2, 0) is 0 Å². The van der Waals surface area contributed by atoms with E-state index in [1.165, 1.54) is 12.8 Å². The summed E-state index contributed by atoms with van der Waals surface area (Å²) in [7, 11) is 0. The zero-order chi connectivity index (χ0) is 10.8. The second-order valence-corrected chi connectivity index (χ2v) is 3.99. The van der Waals surface area contributed by atoms with E-state index in [9.17, 15) is 4.79 Å². The Balaban J connectivity index is 2.44. The molecule has 15 heavy (non-hydrogen) atoms. The normalized spacial score (nSPS) is 16.8. The molecule has 80 valence electrons. The zero-order valence-electron chi connectivity index (χ0n) is 8.57. The van der Waals surface area contributed by atoms with Crippen molar-refractivity contribution in [3.63, 3.8) is 0 Å². The van der Waals surface area contributed by atoms with Gasteiger partial charge in [-0.1, -0.05) is 12.8 Å². The van der Waals surface area contributed by atoms with E-state index in [-0.39, 0.29) is 11.4 Å². The molecule has 0 amide bonds. The van der Waals surface area contributed by atoms with E-state index in [2.05, 4.69) is 0 Å². The predicted octanol–water partition coefficient (Wildman–Crippen LogP) is 1.25. The summed E-state index contributed by atoms with van der Waals surface area (Å²) in [4.78, 5) is 11.9. The van der Waals surface area contributed by atoms with Crippen LogP contribution in [0.3, 0.4) is 0 Å². The predicted molar refractivity (Wildman–Crippen MR) is 59.2 cm³/mol. The fourth-order valence-corrected chi connectivity index (χ4v) is 2.19. The Morgan fingerprint density at radius 2 is 2.13 bits per heavy atom. The Morgan fingerprint density at radius 1 is 1.47 bits per heavy atom. The van der Waals surface area contributed by atoms with Crippen LogP contribution in [0, 0.1) is 5.41 Å². The van der Waals surface area contributed by atoms with Gasteiger partial charge in [0, 0.05) is 12.2 Å². The van der Waals surface area contributed by atoms with Crippen LogP contribution < -0.4 is 11.3 Å². The van der Waals surface area contributed by atoms with Crippen molar-refractivity contribution >= 4 is 5.84 Å². The molecule has 4 heteroatoms.